The van der Waals surface area contributed by atoms with Crippen LogP contribution in [0.15, 0.2) is 30.6 Å². The Labute approximate surface area is 145 Å². The first kappa shape index (κ1) is 15.4. The smallest absolute Gasteiger partial charge is 0.143 e. The van der Waals surface area contributed by atoms with Gasteiger partial charge in [-0.15, -0.1) is 11.3 Å². The van der Waals surface area contributed by atoms with E-state index in [1.807, 2.05) is 24.3 Å². The Balaban J connectivity index is 1.68. The van der Waals surface area contributed by atoms with E-state index in [2.05, 4.69) is 34.4 Å². The van der Waals surface area contributed by atoms with Gasteiger partial charge in [0.25, 0.3) is 0 Å². The van der Waals surface area contributed by atoms with E-state index in [4.69, 9.17) is 4.74 Å². The van der Waals surface area contributed by atoms with Gasteiger partial charge in [0.15, 0.2) is 0 Å². The summed E-state index contributed by atoms with van der Waals surface area (Å²) in [5, 5.41) is 7.88. The summed E-state index contributed by atoms with van der Waals surface area (Å²) in [6.45, 7) is 6.15. The number of benzene rings is 1. The number of hydrogen-bond acceptors (Lipinski definition) is 6. The highest BCUT2D eigenvalue weighted by Crippen LogP contribution is 2.35. The summed E-state index contributed by atoms with van der Waals surface area (Å²) < 4.78 is 6.16. The number of nitrogens with one attached hydrogen (secondary N) is 2. The molecule has 4 rings (SSSR count). The van der Waals surface area contributed by atoms with Gasteiger partial charge < -0.3 is 15.4 Å². The molecule has 3 heterocycles. The zero-order valence-corrected chi connectivity index (χ0v) is 14.6. The molecule has 24 heavy (non-hydrogen) atoms. The van der Waals surface area contributed by atoms with Crippen molar-refractivity contribution >= 4 is 33.1 Å². The Bertz CT molecular complexity index is 871. The third kappa shape index (κ3) is 2.83. The zero-order valence-electron chi connectivity index (χ0n) is 13.8. The summed E-state index contributed by atoms with van der Waals surface area (Å²) in [5.74, 6) is 1.70. The highest BCUT2D eigenvalue weighted by Gasteiger charge is 2.18. The number of hydrogen-bond donors (Lipinski definition) is 2. The second-order valence-corrected chi connectivity index (χ2v) is 7.24. The first-order valence-corrected chi connectivity index (χ1v) is 8.98. The standard InChI is InChI=1S/C18H20N4OS/c1-11-12(2)24-18-16(11)17(20-10-21-18)22-14-5-3-4-6-15(14)23-13-7-8-19-9-13/h3-6,10,13,19H,7-9H2,1-2H3,(H,20,21,22). The minimum Gasteiger partial charge on any atom is -0.487 e. The Morgan fingerprint density at radius 2 is 2.12 bits per heavy atom. The van der Waals surface area contributed by atoms with Gasteiger partial charge in [-0.05, 0) is 44.5 Å². The van der Waals surface area contributed by atoms with Gasteiger partial charge in [-0.25, -0.2) is 9.97 Å². The maximum Gasteiger partial charge on any atom is 0.143 e. The zero-order chi connectivity index (χ0) is 16.5. The SMILES string of the molecule is Cc1sc2ncnc(Nc3ccccc3OC3CCNC3)c2c1C. The number of para-hydroxylation sites is 2. The van der Waals surface area contributed by atoms with Crippen molar-refractivity contribution in [2.24, 2.45) is 0 Å². The monoisotopic (exact) mass is 340 g/mol. The van der Waals surface area contributed by atoms with Crippen LogP contribution in [0.3, 0.4) is 0 Å². The highest BCUT2D eigenvalue weighted by atomic mass is 32.1. The van der Waals surface area contributed by atoms with E-state index in [0.29, 0.717) is 0 Å². The summed E-state index contributed by atoms with van der Waals surface area (Å²) in [4.78, 5) is 11.2. The van der Waals surface area contributed by atoms with E-state index in [9.17, 15) is 0 Å². The van der Waals surface area contributed by atoms with Gasteiger partial charge in [-0.1, -0.05) is 12.1 Å². The number of anilines is 2. The Kier molecular flexibility index (Phi) is 4.08. The van der Waals surface area contributed by atoms with Crippen LogP contribution in [-0.4, -0.2) is 29.2 Å². The summed E-state index contributed by atoms with van der Waals surface area (Å²) >= 11 is 1.70. The second kappa shape index (κ2) is 6.37. The maximum atomic E-state index is 6.16. The number of fused-ring (bicyclic) bond motifs is 1. The van der Waals surface area contributed by atoms with Crippen molar-refractivity contribution in [3.63, 3.8) is 0 Å². The van der Waals surface area contributed by atoms with E-state index >= 15 is 0 Å². The number of ether oxygens (including phenoxy) is 1. The lowest BCUT2D eigenvalue weighted by atomic mass is 10.2. The second-order valence-electron chi connectivity index (χ2n) is 6.04. The molecule has 0 radical (unpaired) electrons. The molecule has 0 amide bonds. The lowest BCUT2D eigenvalue weighted by Crippen LogP contribution is -2.20. The lowest BCUT2D eigenvalue weighted by molar-refractivity contribution is 0.224. The lowest BCUT2D eigenvalue weighted by Gasteiger charge is -2.17. The average Bonchev–Trinajstić information content (AvgIpc) is 3.19. The fourth-order valence-corrected chi connectivity index (χ4v) is 3.98. The van der Waals surface area contributed by atoms with Crippen molar-refractivity contribution in [3.05, 3.63) is 41.0 Å². The molecular weight excluding hydrogens is 320 g/mol. The van der Waals surface area contributed by atoms with E-state index in [1.54, 1.807) is 17.7 Å². The van der Waals surface area contributed by atoms with Crippen molar-refractivity contribution in [1.29, 1.82) is 0 Å². The maximum absolute atomic E-state index is 6.16. The number of rotatable bonds is 4. The number of aromatic nitrogens is 2. The van der Waals surface area contributed by atoms with Crippen molar-refractivity contribution in [2.75, 3.05) is 18.4 Å². The average molecular weight is 340 g/mol. The summed E-state index contributed by atoms with van der Waals surface area (Å²) in [7, 11) is 0. The van der Waals surface area contributed by atoms with Crippen LogP contribution in [0.5, 0.6) is 5.75 Å². The van der Waals surface area contributed by atoms with E-state index in [0.717, 1.165) is 47.0 Å². The molecule has 0 saturated carbocycles. The van der Waals surface area contributed by atoms with Gasteiger partial charge in [0.05, 0.1) is 11.1 Å². The van der Waals surface area contributed by atoms with Gasteiger partial charge in [-0.2, -0.15) is 0 Å². The van der Waals surface area contributed by atoms with Gasteiger partial charge >= 0.3 is 0 Å². The molecule has 1 saturated heterocycles. The third-order valence-electron chi connectivity index (χ3n) is 4.41. The fraction of sp³-hybridized carbons (Fsp3) is 0.333. The van der Waals surface area contributed by atoms with Crippen molar-refractivity contribution in [2.45, 2.75) is 26.4 Å². The van der Waals surface area contributed by atoms with Crippen LogP contribution in [0, 0.1) is 13.8 Å². The van der Waals surface area contributed by atoms with E-state index in [-0.39, 0.29) is 6.10 Å². The molecule has 5 nitrogen and oxygen atoms in total. The topological polar surface area (TPSA) is 59.1 Å². The van der Waals surface area contributed by atoms with Crippen molar-refractivity contribution in [3.8, 4) is 5.75 Å². The molecule has 1 atom stereocenters. The molecule has 1 aliphatic heterocycles. The molecule has 3 aromatic rings. The Morgan fingerprint density at radius 1 is 1.25 bits per heavy atom. The number of nitrogens with zero attached hydrogens (tertiary/aromatic N) is 2. The molecular formula is C18H20N4OS. The van der Waals surface area contributed by atoms with Gasteiger partial charge in [0.2, 0.25) is 0 Å². The van der Waals surface area contributed by atoms with Crippen LogP contribution in [0.1, 0.15) is 16.9 Å². The first-order chi connectivity index (χ1) is 11.7. The molecule has 0 spiro atoms. The number of aryl methyl sites for hydroxylation is 2. The molecule has 1 fully saturated rings. The van der Waals surface area contributed by atoms with Crippen LogP contribution in [0.25, 0.3) is 10.2 Å². The molecule has 124 valence electrons. The minimum atomic E-state index is 0.225. The quantitative estimate of drug-likeness (QED) is 0.757. The minimum absolute atomic E-state index is 0.225. The molecule has 0 bridgehead atoms. The predicted octanol–water partition coefficient (Wildman–Crippen LogP) is 3.79. The van der Waals surface area contributed by atoms with Crippen LogP contribution >= 0.6 is 11.3 Å². The first-order valence-electron chi connectivity index (χ1n) is 8.16. The highest BCUT2D eigenvalue weighted by molar-refractivity contribution is 7.18. The van der Waals surface area contributed by atoms with Gasteiger partial charge in [0, 0.05) is 11.4 Å². The molecule has 1 aromatic carbocycles. The molecule has 1 unspecified atom stereocenters. The summed E-state index contributed by atoms with van der Waals surface area (Å²) in [6, 6.07) is 8.04. The fourth-order valence-electron chi connectivity index (χ4n) is 2.99. The summed E-state index contributed by atoms with van der Waals surface area (Å²) in [5.41, 5.74) is 2.17. The van der Waals surface area contributed by atoms with E-state index in [1.165, 1.54) is 10.4 Å². The molecule has 2 N–H and O–H groups in total. The van der Waals surface area contributed by atoms with Crippen molar-refractivity contribution in [1.82, 2.24) is 15.3 Å². The van der Waals surface area contributed by atoms with Crippen LogP contribution in [-0.2, 0) is 0 Å². The molecule has 0 aliphatic carbocycles. The van der Waals surface area contributed by atoms with Crippen LogP contribution in [0.2, 0.25) is 0 Å². The van der Waals surface area contributed by atoms with Gasteiger partial charge in [-0.3, -0.25) is 0 Å². The third-order valence-corrected chi connectivity index (χ3v) is 5.53. The van der Waals surface area contributed by atoms with Gasteiger partial charge in [0.1, 0.15) is 28.8 Å². The molecule has 1 aliphatic rings. The predicted molar refractivity (Wildman–Crippen MR) is 98.5 cm³/mol. The molecule has 2 aromatic heterocycles. The Morgan fingerprint density at radius 3 is 2.96 bits per heavy atom. The number of thiophene rings is 1. The largest absolute Gasteiger partial charge is 0.487 e. The van der Waals surface area contributed by atoms with Crippen LogP contribution in [0.4, 0.5) is 11.5 Å². The van der Waals surface area contributed by atoms with E-state index < -0.39 is 0 Å². The van der Waals surface area contributed by atoms with Crippen molar-refractivity contribution < 1.29 is 4.74 Å². The molecule has 6 heteroatoms. The summed E-state index contributed by atoms with van der Waals surface area (Å²) in [6.07, 6.45) is 2.88. The normalized spacial score (nSPS) is 17.3. The Hall–Kier alpha value is -2.18. The van der Waals surface area contributed by atoms with Crippen LogP contribution < -0.4 is 15.4 Å².